The van der Waals surface area contributed by atoms with E-state index in [0.717, 1.165) is 29.0 Å². The van der Waals surface area contributed by atoms with Crippen LogP contribution in [0.4, 0.5) is 0 Å². The maximum absolute atomic E-state index is 12.5. The summed E-state index contributed by atoms with van der Waals surface area (Å²) >= 11 is 0. The largest absolute Gasteiger partial charge is 0.497 e. The van der Waals surface area contributed by atoms with Gasteiger partial charge in [-0.05, 0) is 35.9 Å². The van der Waals surface area contributed by atoms with E-state index in [4.69, 9.17) is 13.9 Å². The lowest BCUT2D eigenvalue weighted by Gasteiger charge is -2.27. The van der Waals surface area contributed by atoms with Crippen LogP contribution in [0.15, 0.2) is 57.7 Å². The first kappa shape index (κ1) is 19.5. The van der Waals surface area contributed by atoms with Gasteiger partial charge in [0.2, 0.25) is 0 Å². The number of nitrogens with one attached hydrogen (secondary N) is 2. The summed E-state index contributed by atoms with van der Waals surface area (Å²) in [4.78, 5) is 15.7. The lowest BCUT2D eigenvalue weighted by atomic mass is 10.1. The zero-order valence-electron chi connectivity index (χ0n) is 17.0. The van der Waals surface area contributed by atoms with Gasteiger partial charge in [-0.25, -0.2) is 4.79 Å². The average molecular weight is 396 g/mol. The van der Waals surface area contributed by atoms with Crippen molar-refractivity contribution in [1.82, 2.24) is 0 Å². The van der Waals surface area contributed by atoms with Crippen molar-refractivity contribution in [2.24, 2.45) is 0 Å². The van der Waals surface area contributed by atoms with Crippen molar-refractivity contribution in [2.45, 2.75) is 0 Å². The highest BCUT2D eigenvalue weighted by molar-refractivity contribution is 5.82. The number of rotatable bonds is 6. The molecule has 0 spiro atoms. The Kier molecular flexibility index (Phi) is 5.83. The van der Waals surface area contributed by atoms with E-state index in [1.807, 2.05) is 42.5 Å². The third-order valence-electron chi connectivity index (χ3n) is 5.64. The van der Waals surface area contributed by atoms with Crippen LogP contribution in [0.5, 0.6) is 11.5 Å². The molecule has 2 N–H and O–H groups in total. The molecule has 0 amide bonds. The number of methoxy groups -OCH3 is 1. The number of likely N-dealkylation sites (N-methyl/N-ethyl adjacent to an activating group) is 1. The normalized spacial score (nSPS) is 19.2. The Labute approximate surface area is 170 Å². The van der Waals surface area contributed by atoms with Gasteiger partial charge in [0.1, 0.15) is 56.4 Å². The summed E-state index contributed by atoms with van der Waals surface area (Å²) in [5.41, 5.74) is 1.53. The Morgan fingerprint density at radius 1 is 0.966 bits per heavy atom. The molecule has 1 aliphatic heterocycles. The second-order valence-corrected chi connectivity index (χ2v) is 7.68. The molecule has 2 heterocycles. The van der Waals surface area contributed by atoms with Crippen LogP contribution in [0, 0.1) is 0 Å². The molecule has 1 fully saturated rings. The van der Waals surface area contributed by atoms with Crippen molar-refractivity contribution in [3.05, 3.63) is 59.0 Å². The molecule has 4 rings (SSSR count). The van der Waals surface area contributed by atoms with Crippen molar-refractivity contribution in [3.63, 3.8) is 0 Å². The predicted octanol–water partition coefficient (Wildman–Crippen LogP) is 0.261. The summed E-state index contributed by atoms with van der Waals surface area (Å²) in [6.45, 7) is 6.46. The number of benzene rings is 2. The molecule has 3 aromatic rings. The van der Waals surface area contributed by atoms with Gasteiger partial charge in [-0.3, -0.25) is 0 Å². The monoisotopic (exact) mass is 396 g/mol. The van der Waals surface area contributed by atoms with Crippen LogP contribution < -0.4 is 24.9 Å². The Hall–Kier alpha value is -2.83. The molecule has 0 aliphatic carbocycles. The van der Waals surface area contributed by atoms with Gasteiger partial charge in [0.05, 0.1) is 19.7 Å². The number of hydrogen-bond acceptors (Lipinski definition) is 4. The number of quaternary nitrogens is 2. The fraction of sp³-hybridized carbons (Fsp3) is 0.348. The lowest BCUT2D eigenvalue weighted by molar-refractivity contribution is -1.00. The first-order valence-corrected chi connectivity index (χ1v) is 10.1. The summed E-state index contributed by atoms with van der Waals surface area (Å²) in [5.74, 6) is 1.48. The molecular formula is C23H28N2O4+2. The molecule has 0 saturated carbocycles. The molecule has 0 atom stereocenters. The molecule has 0 unspecified atom stereocenters. The van der Waals surface area contributed by atoms with E-state index in [2.05, 4.69) is 7.05 Å². The average Bonchev–Trinajstić information content (AvgIpc) is 2.75. The van der Waals surface area contributed by atoms with Crippen molar-refractivity contribution in [3.8, 4) is 22.6 Å². The van der Waals surface area contributed by atoms with Crippen LogP contribution in [0.2, 0.25) is 0 Å². The minimum absolute atomic E-state index is 0.357. The van der Waals surface area contributed by atoms with Gasteiger partial charge in [0.15, 0.2) is 0 Å². The molecular weight excluding hydrogens is 368 g/mol. The van der Waals surface area contributed by atoms with Crippen LogP contribution in [-0.4, -0.2) is 53.5 Å². The van der Waals surface area contributed by atoms with Crippen molar-refractivity contribution in [1.29, 1.82) is 0 Å². The zero-order chi connectivity index (χ0) is 20.2. The van der Waals surface area contributed by atoms with Gasteiger partial charge in [-0.15, -0.1) is 0 Å². The second kappa shape index (κ2) is 8.68. The Balaban J connectivity index is 1.46. The summed E-state index contributed by atoms with van der Waals surface area (Å²) in [5, 5.41) is 0.871. The Morgan fingerprint density at radius 3 is 2.41 bits per heavy atom. The van der Waals surface area contributed by atoms with Gasteiger partial charge in [-0.2, -0.15) is 0 Å². The molecule has 6 nitrogen and oxygen atoms in total. The zero-order valence-corrected chi connectivity index (χ0v) is 17.0. The SMILES string of the molecule is COc1ccc(-c2cc3ccc(OCC[NH+]4CC[NH+](C)CC4)cc3oc2=O)cc1. The Bertz CT molecular complexity index is 1020. The third-order valence-corrected chi connectivity index (χ3v) is 5.64. The number of hydrogen-bond donors (Lipinski definition) is 2. The summed E-state index contributed by atoms with van der Waals surface area (Å²) in [6, 6.07) is 14.9. The van der Waals surface area contributed by atoms with Gasteiger partial charge >= 0.3 is 5.63 Å². The predicted molar refractivity (Wildman–Crippen MR) is 112 cm³/mol. The van der Waals surface area contributed by atoms with Crippen LogP contribution >= 0.6 is 0 Å². The number of fused-ring (bicyclic) bond motifs is 1. The molecule has 1 saturated heterocycles. The molecule has 1 aromatic heterocycles. The van der Waals surface area contributed by atoms with Crippen molar-refractivity contribution < 1.29 is 23.7 Å². The van der Waals surface area contributed by atoms with E-state index in [-0.39, 0.29) is 5.63 Å². The minimum Gasteiger partial charge on any atom is -0.497 e. The molecule has 0 bridgehead atoms. The molecule has 2 aromatic carbocycles. The van der Waals surface area contributed by atoms with Gasteiger partial charge in [-0.1, -0.05) is 12.1 Å². The van der Waals surface area contributed by atoms with Crippen LogP contribution in [-0.2, 0) is 0 Å². The van der Waals surface area contributed by atoms with Gasteiger partial charge < -0.3 is 23.7 Å². The number of ether oxygens (including phenoxy) is 2. The third kappa shape index (κ3) is 4.60. The fourth-order valence-electron chi connectivity index (χ4n) is 3.75. The first-order valence-electron chi connectivity index (χ1n) is 10.1. The van der Waals surface area contributed by atoms with E-state index >= 15 is 0 Å². The van der Waals surface area contributed by atoms with E-state index < -0.39 is 0 Å². The Morgan fingerprint density at radius 2 is 1.69 bits per heavy atom. The van der Waals surface area contributed by atoms with Crippen LogP contribution in [0.1, 0.15) is 0 Å². The van der Waals surface area contributed by atoms with Crippen LogP contribution in [0.3, 0.4) is 0 Å². The second-order valence-electron chi connectivity index (χ2n) is 7.68. The maximum Gasteiger partial charge on any atom is 0.344 e. The van der Waals surface area contributed by atoms with Crippen molar-refractivity contribution in [2.75, 3.05) is 53.5 Å². The molecule has 152 valence electrons. The molecule has 6 heteroatoms. The van der Waals surface area contributed by atoms with Gasteiger partial charge in [0.25, 0.3) is 0 Å². The van der Waals surface area contributed by atoms with Crippen LogP contribution in [0.25, 0.3) is 22.1 Å². The highest BCUT2D eigenvalue weighted by Gasteiger charge is 2.19. The smallest absolute Gasteiger partial charge is 0.344 e. The fourth-order valence-corrected chi connectivity index (χ4v) is 3.75. The topological polar surface area (TPSA) is 57.6 Å². The standard InChI is InChI=1S/C23H26N2O4/c1-24-9-11-25(12-10-24)13-14-28-20-8-5-18-15-21(23(26)29-22(18)16-20)17-3-6-19(27-2)7-4-17/h3-8,15-16H,9-14H2,1-2H3/p+2. The quantitative estimate of drug-likeness (QED) is 0.587. The maximum atomic E-state index is 12.5. The first-order chi connectivity index (χ1) is 14.1. The molecule has 0 radical (unpaired) electrons. The van der Waals surface area contributed by atoms with E-state index in [1.165, 1.54) is 26.2 Å². The summed E-state index contributed by atoms with van der Waals surface area (Å²) in [6.07, 6.45) is 0. The van der Waals surface area contributed by atoms with Crippen molar-refractivity contribution >= 4 is 11.0 Å². The summed E-state index contributed by atoms with van der Waals surface area (Å²) < 4.78 is 16.7. The molecule has 1 aliphatic rings. The van der Waals surface area contributed by atoms with E-state index in [9.17, 15) is 4.79 Å². The van der Waals surface area contributed by atoms with E-state index in [1.54, 1.807) is 23.0 Å². The summed E-state index contributed by atoms with van der Waals surface area (Å²) in [7, 11) is 3.86. The molecule has 29 heavy (non-hydrogen) atoms. The highest BCUT2D eigenvalue weighted by atomic mass is 16.5. The number of piperazine rings is 1. The highest BCUT2D eigenvalue weighted by Crippen LogP contribution is 2.25. The van der Waals surface area contributed by atoms with E-state index in [0.29, 0.717) is 17.8 Å². The minimum atomic E-state index is -0.357. The van der Waals surface area contributed by atoms with Gasteiger partial charge in [0, 0.05) is 11.5 Å². The lowest BCUT2D eigenvalue weighted by Crippen LogP contribution is -3.27.